The van der Waals surface area contributed by atoms with Gasteiger partial charge in [-0.2, -0.15) is 0 Å². The molecule has 1 unspecified atom stereocenters. The van der Waals surface area contributed by atoms with Gasteiger partial charge in [0.15, 0.2) is 5.60 Å². The highest BCUT2D eigenvalue weighted by Gasteiger charge is 2.42. The van der Waals surface area contributed by atoms with E-state index in [1.165, 1.54) is 5.56 Å². The number of piperidine rings is 1. The Bertz CT molecular complexity index is 815. The summed E-state index contributed by atoms with van der Waals surface area (Å²) in [5.74, 6) is 1.32. The molecule has 2 aromatic rings. The summed E-state index contributed by atoms with van der Waals surface area (Å²) in [6.07, 6.45) is 5.08. The van der Waals surface area contributed by atoms with Gasteiger partial charge in [0.2, 0.25) is 0 Å². The number of likely N-dealkylation sites (N-methyl/N-ethyl adjacent to an activating group) is 1. The van der Waals surface area contributed by atoms with Crippen LogP contribution in [0.5, 0.6) is 0 Å². The van der Waals surface area contributed by atoms with Gasteiger partial charge in [0.05, 0.1) is 0 Å². The lowest BCUT2D eigenvalue weighted by atomic mass is 9.90. The Labute approximate surface area is 174 Å². The van der Waals surface area contributed by atoms with Crippen LogP contribution < -0.4 is 0 Å². The Balaban J connectivity index is 1.58. The van der Waals surface area contributed by atoms with Crippen molar-refractivity contribution >= 4 is 5.91 Å². The molecule has 2 heterocycles. The maximum atomic E-state index is 13.1. The number of imidazole rings is 1. The average Bonchev–Trinajstić information content (AvgIpc) is 3.09. The van der Waals surface area contributed by atoms with Crippen molar-refractivity contribution in [2.45, 2.75) is 58.2 Å². The number of benzene rings is 1. The summed E-state index contributed by atoms with van der Waals surface area (Å²) >= 11 is 0. The summed E-state index contributed by atoms with van der Waals surface area (Å²) in [6.45, 7) is 9.47. The first kappa shape index (κ1) is 21.5. The van der Waals surface area contributed by atoms with Gasteiger partial charge in [-0.25, -0.2) is 4.98 Å². The lowest BCUT2D eigenvalue weighted by molar-refractivity contribution is -0.159. The molecule has 29 heavy (non-hydrogen) atoms. The number of hydrogen-bond donors (Lipinski definition) is 1. The number of carbonyl (C=O) groups is 1. The minimum Gasteiger partial charge on any atom is -0.379 e. The monoisotopic (exact) mass is 398 g/mol. The molecular formula is C23H34N4O2. The van der Waals surface area contributed by atoms with E-state index < -0.39 is 5.60 Å². The van der Waals surface area contributed by atoms with Crippen molar-refractivity contribution < 1.29 is 9.90 Å². The van der Waals surface area contributed by atoms with E-state index in [4.69, 9.17) is 0 Å². The molecule has 1 aliphatic rings. The van der Waals surface area contributed by atoms with E-state index in [0.717, 1.165) is 30.9 Å². The number of rotatable bonds is 8. The molecule has 0 radical (unpaired) electrons. The van der Waals surface area contributed by atoms with Crippen LogP contribution in [0.15, 0.2) is 36.7 Å². The van der Waals surface area contributed by atoms with Gasteiger partial charge in [0.25, 0.3) is 5.91 Å². The van der Waals surface area contributed by atoms with Crippen molar-refractivity contribution in [1.82, 2.24) is 19.4 Å². The zero-order valence-corrected chi connectivity index (χ0v) is 18.1. The van der Waals surface area contributed by atoms with Crippen LogP contribution >= 0.6 is 0 Å². The third-order valence-electron chi connectivity index (χ3n) is 5.90. The van der Waals surface area contributed by atoms with Crippen LogP contribution in [0.4, 0.5) is 0 Å². The van der Waals surface area contributed by atoms with E-state index in [2.05, 4.69) is 47.7 Å². The lowest BCUT2D eigenvalue weighted by Gasteiger charge is -2.40. The second-order valence-corrected chi connectivity index (χ2v) is 8.66. The fourth-order valence-corrected chi connectivity index (χ4v) is 4.04. The predicted octanol–water partition coefficient (Wildman–Crippen LogP) is 2.80. The maximum Gasteiger partial charge on any atom is 0.256 e. The standard InChI is InChI=1S/C23H34N4O2/c1-18(2)21-8-6-20(7-9-21)16-27-12-5-10-23(29,22(27)28)17-25(4)14-15-26-13-11-24-19(26)3/h6-9,11,13,18,29H,5,10,12,14-17H2,1-4H3. The fraction of sp³-hybridized carbons (Fsp3) is 0.565. The van der Waals surface area contributed by atoms with Crippen LogP contribution in [0.1, 0.15) is 49.6 Å². The van der Waals surface area contributed by atoms with Gasteiger partial charge in [-0.05, 0) is 43.9 Å². The van der Waals surface area contributed by atoms with Crippen molar-refractivity contribution in [2.75, 3.05) is 26.7 Å². The molecule has 1 fully saturated rings. The molecule has 158 valence electrons. The van der Waals surface area contributed by atoms with Crippen LogP contribution in [-0.2, 0) is 17.9 Å². The van der Waals surface area contributed by atoms with E-state index in [9.17, 15) is 9.90 Å². The van der Waals surface area contributed by atoms with Gasteiger partial charge in [0, 0.05) is 45.1 Å². The molecule has 1 atom stereocenters. The molecular weight excluding hydrogens is 364 g/mol. The second kappa shape index (κ2) is 9.09. The normalized spacial score (nSPS) is 20.1. The molecule has 1 aromatic carbocycles. The average molecular weight is 399 g/mol. The first-order valence-electron chi connectivity index (χ1n) is 10.6. The first-order valence-corrected chi connectivity index (χ1v) is 10.6. The topological polar surface area (TPSA) is 61.6 Å². The maximum absolute atomic E-state index is 13.1. The molecule has 1 amide bonds. The minimum absolute atomic E-state index is 0.151. The van der Waals surface area contributed by atoms with Crippen molar-refractivity contribution in [3.05, 3.63) is 53.6 Å². The van der Waals surface area contributed by atoms with Crippen LogP contribution in [0.25, 0.3) is 0 Å². The Morgan fingerprint density at radius 2 is 2.00 bits per heavy atom. The Hall–Kier alpha value is -2.18. The summed E-state index contributed by atoms with van der Waals surface area (Å²) in [7, 11) is 1.96. The van der Waals surface area contributed by atoms with E-state index in [-0.39, 0.29) is 5.91 Å². The van der Waals surface area contributed by atoms with Gasteiger partial charge >= 0.3 is 0 Å². The van der Waals surface area contributed by atoms with Crippen molar-refractivity contribution in [3.8, 4) is 0 Å². The van der Waals surface area contributed by atoms with Crippen LogP contribution in [0.2, 0.25) is 0 Å². The molecule has 1 saturated heterocycles. The molecule has 6 heteroatoms. The summed E-state index contributed by atoms with van der Waals surface area (Å²) in [6, 6.07) is 8.45. The molecule has 3 rings (SSSR count). The Morgan fingerprint density at radius 1 is 1.28 bits per heavy atom. The quantitative estimate of drug-likeness (QED) is 0.743. The van der Waals surface area contributed by atoms with Crippen molar-refractivity contribution in [1.29, 1.82) is 0 Å². The zero-order valence-electron chi connectivity index (χ0n) is 18.1. The highest BCUT2D eigenvalue weighted by Crippen LogP contribution is 2.25. The number of likely N-dealkylation sites (tertiary alicyclic amines) is 1. The minimum atomic E-state index is -1.31. The highest BCUT2D eigenvalue weighted by molar-refractivity contribution is 5.86. The SMILES string of the molecule is Cc1nccn1CCN(C)CC1(O)CCCN(Cc2ccc(C(C)C)cc2)C1=O. The molecule has 6 nitrogen and oxygen atoms in total. The van der Waals surface area contributed by atoms with Crippen LogP contribution in [0, 0.1) is 6.92 Å². The number of carbonyl (C=O) groups excluding carboxylic acids is 1. The van der Waals surface area contributed by atoms with Crippen LogP contribution in [0.3, 0.4) is 0 Å². The highest BCUT2D eigenvalue weighted by atomic mass is 16.3. The third kappa shape index (κ3) is 5.25. The first-order chi connectivity index (χ1) is 13.8. The Morgan fingerprint density at radius 3 is 2.62 bits per heavy atom. The van der Waals surface area contributed by atoms with E-state index >= 15 is 0 Å². The summed E-state index contributed by atoms with van der Waals surface area (Å²) in [5, 5.41) is 11.1. The van der Waals surface area contributed by atoms with Crippen LogP contribution in [-0.4, -0.2) is 62.6 Å². The van der Waals surface area contributed by atoms with E-state index in [0.29, 0.717) is 32.0 Å². The molecule has 0 bridgehead atoms. The van der Waals surface area contributed by atoms with Crippen molar-refractivity contribution in [3.63, 3.8) is 0 Å². The molecule has 0 spiro atoms. The predicted molar refractivity (Wildman–Crippen MR) is 115 cm³/mol. The number of aliphatic hydroxyl groups is 1. The number of aromatic nitrogens is 2. The third-order valence-corrected chi connectivity index (χ3v) is 5.90. The van der Waals surface area contributed by atoms with Gasteiger partial charge in [-0.3, -0.25) is 4.79 Å². The van der Waals surface area contributed by atoms with Gasteiger partial charge in [-0.1, -0.05) is 38.1 Å². The molecule has 1 aromatic heterocycles. The summed E-state index contributed by atoms with van der Waals surface area (Å²) in [4.78, 5) is 21.2. The summed E-state index contributed by atoms with van der Waals surface area (Å²) < 4.78 is 2.08. The number of hydrogen-bond acceptors (Lipinski definition) is 4. The van der Waals surface area contributed by atoms with Crippen molar-refractivity contribution in [2.24, 2.45) is 0 Å². The zero-order chi connectivity index (χ0) is 21.0. The number of nitrogens with zero attached hydrogens (tertiary/aromatic N) is 4. The fourth-order valence-electron chi connectivity index (χ4n) is 4.04. The van der Waals surface area contributed by atoms with Gasteiger partial charge in [0.1, 0.15) is 5.82 Å². The smallest absolute Gasteiger partial charge is 0.256 e. The van der Waals surface area contributed by atoms with E-state index in [1.807, 2.05) is 30.0 Å². The number of aryl methyl sites for hydroxylation is 1. The van der Waals surface area contributed by atoms with E-state index in [1.54, 1.807) is 6.20 Å². The molecule has 1 N–H and O–H groups in total. The second-order valence-electron chi connectivity index (χ2n) is 8.66. The van der Waals surface area contributed by atoms with Gasteiger partial charge < -0.3 is 19.5 Å². The molecule has 0 saturated carbocycles. The largest absolute Gasteiger partial charge is 0.379 e. The molecule has 1 aliphatic heterocycles. The lowest BCUT2D eigenvalue weighted by Crippen LogP contribution is -2.58. The van der Waals surface area contributed by atoms with Gasteiger partial charge in [-0.15, -0.1) is 0 Å². The number of amides is 1. The summed E-state index contributed by atoms with van der Waals surface area (Å²) in [5.41, 5.74) is 1.09. The Kier molecular flexibility index (Phi) is 6.75. The molecule has 0 aliphatic carbocycles.